The van der Waals surface area contributed by atoms with E-state index in [1.807, 2.05) is 13.8 Å². The number of sulfonamides is 1. The van der Waals surface area contributed by atoms with Crippen molar-refractivity contribution >= 4 is 15.9 Å². The molecular formula is C17H28N2O4S. The molecule has 2 N–H and O–H groups in total. The predicted molar refractivity (Wildman–Crippen MR) is 94.5 cm³/mol. The van der Waals surface area contributed by atoms with Crippen LogP contribution in [0.2, 0.25) is 0 Å². The minimum absolute atomic E-state index is 0.0880. The van der Waals surface area contributed by atoms with E-state index in [4.69, 9.17) is 4.74 Å². The SMILES string of the molecule is CC[C@@H](C)NS(=O)(=O)c1ccc(OCC(=O)NCCC(C)C)cc1. The Hall–Kier alpha value is -1.60. The van der Waals surface area contributed by atoms with Crippen LogP contribution in [0.25, 0.3) is 0 Å². The molecule has 0 saturated carbocycles. The van der Waals surface area contributed by atoms with Crippen molar-refractivity contribution in [3.63, 3.8) is 0 Å². The summed E-state index contributed by atoms with van der Waals surface area (Å²) in [4.78, 5) is 11.8. The molecule has 1 atom stereocenters. The summed E-state index contributed by atoms with van der Waals surface area (Å²) in [6, 6.07) is 5.91. The van der Waals surface area contributed by atoms with Crippen LogP contribution in [0.1, 0.15) is 40.5 Å². The maximum absolute atomic E-state index is 12.1. The highest BCUT2D eigenvalue weighted by Crippen LogP contribution is 2.16. The van der Waals surface area contributed by atoms with Gasteiger partial charge in [-0.15, -0.1) is 0 Å². The molecule has 1 aromatic carbocycles. The van der Waals surface area contributed by atoms with Crippen molar-refractivity contribution in [2.45, 2.75) is 51.5 Å². The topological polar surface area (TPSA) is 84.5 Å². The molecule has 1 amide bonds. The van der Waals surface area contributed by atoms with Gasteiger partial charge in [-0.1, -0.05) is 20.8 Å². The van der Waals surface area contributed by atoms with Crippen LogP contribution in [-0.4, -0.2) is 33.5 Å². The lowest BCUT2D eigenvalue weighted by Gasteiger charge is -2.12. The van der Waals surface area contributed by atoms with Crippen LogP contribution in [0.4, 0.5) is 0 Å². The van der Waals surface area contributed by atoms with Gasteiger partial charge < -0.3 is 10.1 Å². The van der Waals surface area contributed by atoms with Crippen LogP contribution in [0.5, 0.6) is 5.75 Å². The molecule has 0 bridgehead atoms. The number of hydrogen-bond acceptors (Lipinski definition) is 4. The first-order valence-electron chi connectivity index (χ1n) is 8.26. The summed E-state index contributed by atoms with van der Waals surface area (Å²) in [5.74, 6) is 0.798. The van der Waals surface area contributed by atoms with Crippen LogP contribution in [0.15, 0.2) is 29.2 Å². The Labute approximate surface area is 145 Å². The maximum Gasteiger partial charge on any atom is 0.257 e. The van der Waals surface area contributed by atoms with E-state index >= 15 is 0 Å². The minimum atomic E-state index is -3.52. The van der Waals surface area contributed by atoms with Crippen LogP contribution in [0, 0.1) is 5.92 Å². The standard InChI is InChI=1S/C17H28N2O4S/c1-5-14(4)19-24(21,22)16-8-6-15(7-9-16)23-12-17(20)18-11-10-13(2)3/h6-9,13-14,19H,5,10-12H2,1-4H3,(H,18,20)/t14-/m1/s1. The zero-order valence-corrected chi connectivity index (χ0v) is 15.7. The van der Waals surface area contributed by atoms with Crippen molar-refractivity contribution in [2.24, 2.45) is 5.92 Å². The average Bonchev–Trinajstić information content (AvgIpc) is 2.52. The third-order valence-electron chi connectivity index (χ3n) is 3.52. The Balaban J connectivity index is 2.51. The molecule has 7 heteroatoms. The van der Waals surface area contributed by atoms with Crippen molar-refractivity contribution in [2.75, 3.05) is 13.2 Å². The molecule has 0 aromatic heterocycles. The van der Waals surface area contributed by atoms with E-state index < -0.39 is 10.0 Å². The van der Waals surface area contributed by atoms with Gasteiger partial charge in [-0.3, -0.25) is 4.79 Å². The number of rotatable bonds is 10. The molecule has 0 unspecified atom stereocenters. The van der Waals surface area contributed by atoms with Crippen LogP contribution in [0.3, 0.4) is 0 Å². The Morgan fingerprint density at radius 3 is 2.33 bits per heavy atom. The average molecular weight is 356 g/mol. The van der Waals surface area contributed by atoms with Gasteiger partial charge in [-0.2, -0.15) is 0 Å². The second kappa shape index (κ2) is 9.64. The van der Waals surface area contributed by atoms with E-state index in [1.54, 1.807) is 12.1 Å². The number of carbonyl (C=O) groups is 1. The first kappa shape index (κ1) is 20.4. The molecule has 136 valence electrons. The highest BCUT2D eigenvalue weighted by atomic mass is 32.2. The smallest absolute Gasteiger partial charge is 0.257 e. The summed E-state index contributed by atoms with van der Waals surface area (Å²) in [5.41, 5.74) is 0. The van der Waals surface area contributed by atoms with E-state index in [0.717, 1.165) is 6.42 Å². The summed E-state index contributed by atoms with van der Waals surface area (Å²) in [5, 5.41) is 2.78. The highest BCUT2D eigenvalue weighted by Gasteiger charge is 2.16. The third-order valence-corrected chi connectivity index (χ3v) is 5.12. The Kier molecular flexibility index (Phi) is 8.21. The second-order valence-corrected chi connectivity index (χ2v) is 7.94. The fourth-order valence-corrected chi connectivity index (χ4v) is 3.16. The van der Waals surface area contributed by atoms with Crippen molar-refractivity contribution in [1.82, 2.24) is 10.0 Å². The number of hydrogen-bond donors (Lipinski definition) is 2. The number of nitrogens with one attached hydrogen (secondary N) is 2. The fourth-order valence-electron chi connectivity index (χ4n) is 1.83. The molecule has 0 fully saturated rings. The molecule has 0 radical (unpaired) electrons. The quantitative estimate of drug-likeness (QED) is 0.674. The molecule has 0 saturated heterocycles. The van der Waals surface area contributed by atoms with Crippen molar-refractivity contribution in [1.29, 1.82) is 0 Å². The van der Waals surface area contributed by atoms with Gasteiger partial charge in [0, 0.05) is 12.6 Å². The molecular weight excluding hydrogens is 328 g/mol. The predicted octanol–water partition coefficient (Wildman–Crippen LogP) is 2.30. The van der Waals surface area contributed by atoms with E-state index in [-0.39, 0.29) is 23.5 Å². The second-order valence-electron chi connectivity index (χ2n) is 6.22. The van der Waals surface area contributed by atoms with Crippen LogP contribution >= 0.6 is 0 Å². The number of carbonyl (C=O) groups excluding carboxylic acids is 1. The van der Waals surface area contributed by atoms with Gasteiger partial charge in [0.2, 0.25) is 10.0 Å². The molecule has 0 heterocycles. The van der Waals surface area contributed by atoms with Gasteiger partial charge in [-0.05, 0) is 49.9 Å². The van der Waals surface area contributed by atoms with Gasteiger partial charge in [0.25, 0.3) is 5.91 Å². The first-order chi connectivity index (χ1) is 11.2. The Bertz CT molecular complexity index is 612. The van der Waals surface area contributed by atoms with Gasteiger partial charge in [0.1, 0.15) is 5.75 Å². The van der Waals surface area contributed by atoms with Crippen molar-refractivity contribution in [3.05, 3.63) is 24.3 Å². The maximum atomic E-state index is 12.1. The first-order valence-corrected chi connectivity index (χ1v) is 9.74. The van der Waals surface area contributed by atoms with Crippen molar-refractivity contribution in [3.8, 4) is 5.75 Å². The molecule has 24 heavy (non-hydrogen) atoms. The van der Waals surface area contributed by atoms with E-state index in [1.165, 1.54) is 12.1 Å². The zero-order valence-electron chi connectivity index (χ0n) is 14.8. The summed E-state index contributed by atoms with van der Waals surface area (Å²) >= 11 is 0. The summed E-state index contributed by atoms with van der Waals surface area (Å²) in [6.45, 7) is 8.44. The van der Waals surface area contributed by atoms with E-state index in [9.17, 15) is 13.2 Å². The van der Waals surface area contributed by atoms with Gasteiger partial charge in [0.05, 0.1) is 4.90 Å². The molecule has 6 nitrogen and oxygen atoms in total. The lowest BCUT2D eigenvalue weighted by atomic mass is 10.1. The minimum Gasteiger partial charge on any atom is -0.484 e. The van der Waals surface area contributed by atoms with Gasteiger partial charge in [0.15, 0.2) is 6.61 Å². The van der Waals surface area contributed by atoms with Crippen LogP contribution < -0.4 is 14.8 Å². The zero-order chi connectivity index (χ0) is 18.2. The fraction of sp³-hybridized carbons (Fsp3) is 0.588. The van der Waals surface area contributed by atoms with E-state index in [0.29, 0.717) is 24.6 Å². The molecule has 0 spiro atoms. The Morgan fingerprint density at radius 1 is 1.17 bits per heavy atom. The summed E-state index contributed by atoms with van der Waals surface area (Å²) in [7, 11) is -3.52. The lowest BCUT2D eigenvalue weighted by Crippen LogP contribution is -2.32. The lowest BCUT2D eigenvalue weighted by molar-refractivity contribution is -0.123. The van der Waals surface area contributed by atoms with Gasteiger partial charge in [-0.25, -0.2) is 13.1 Å². The van der Waals surface area contributed by atoms with Crippen LogP contribution in [-0.2, 0) is 14.8 Å². The van der Waals surface area contributed by atoms with Gasteiger partial charge >= 0.3 is 0 Å². The van der Waals surface area contributed by atoms with Crippen molar-refractivity contribution < 1.29 is 17.9 Å². The van der Waals surface area contributed by atoms with E-state index in [2.05, 4.69) is 23.9 Å². The molecule has 0 aliphatic rings. The molecule has 1 aromatic rings. The molecule has 0 aliphatic carbocycles. The largest absolute Gasteiger partial charge is 0.484 e. The third kappa shape index (κ3) is 7.31. The molecule has 1 rings (SSSR count). The summed E-state index contributed by atoms with van der Waals surface area (Å²) < 4.78 is 32.2. The number of ether oxygens (including phenoxy) is 1. The normalized spacial score (nSPS) is 12.9. The summed E-state index contributed by atoms with van der Waals surface area (Å²) in [6.07, 6.45) is 1.63. The number of amides is 1. The number of benzene rings is 1. The molecule has 0 aliphatic heterocycles. The monoisotopic (exact) mass is 356 g/mol. The highest BCUT2D eigenvalue weighted by molar-refractivity contribution is 7.89. The Morgan fingerprint density at radius 2 is 1.79 bits per heavy atom.